The Hall–Kier alpha value is -7.69. The van der Waals surface area contributed by atoms with Crippen LogP contribution in [0.5, 0.6) is 0 Å². The topological polar surface area (TPSA) is 42.4 Å². The van der Waals surface area contributed by atoms with E-state index in [0.29, 0.717) is 5.89 Å². The SMILES string of the molecule is c1ccc(-c2ccc(N(c3ccc(-c4cccc5oc6cc7nc(-c8ccccc8)oc7cc6c45)cc3)c3cccc(-c4cccc5ccccc45)c3)cc2)cc1. The molecular formula is C53H34N2O2. The fourth-order valence-electron chi connectivity index (χ4n) is 8.15. The summed E-state index contributed by atoms with van der Waals surface area (Å²) in [6.45, 7) is 0. The maximum atomic E-state index is 6.44. The molecule has 0 aliphatic rings. The predicted octanol–water partition coefficient (Wildman–Crippen LogP) is 15.0. The van der Waals surface area contributed by atoms with Crippen LogP contribution in [0.25, 0.3) is 88.6 Å². The van der Waals surface area contributed by atoms with E-state index >= 15 is 0 Å². The number of fused-ring (bicyclic) bond motifs is 5. The van der Waals surface area contributed by atoms with Crippen LogP contribution < -0.4 is 4.90 Å². The van der Waals surface area contributed by atoms with Gasteiger partial charge in [0.1, 0.15) is 16.7 Å². The summed E-state index contributed by atoms with van der Waals surface area (Å²) in [5, 5.41) is 4.52. The highest BCUT2D eigenvalue weighted by Crippen LogP contribution is 2.42. The quantitative estimate of drug-likeness (QED) is 0.164. The Morgan fingerprint density at radius 1 is 0.351 bits per heavy atom. The third kappa shape index (κ3) is 5.83. The van der Waals surface area contributed by atoms with Crippen molar-refractivity contribution in [3.63, 3.8) is 0 Å². The number of hydrogen-bond donors (Lipinski definition) is 0. The molecule has 4 heteroatoms. The fraction of sp³-hybridized carbons (Fsp3) is 0. The van der Waals surface area contributed by atoms with E-state index in [4.69, 9.17) is 13.8 Å². The molecule has 2 aromatic heterocycles. The van der Waals surface area contributed by atoms with Gasteiger partial charge >= 0.3 is 0 Å². The summed E-state index contributed by atoms with van der Waals surface area (Å²) in [6, 6.07) is 72.5. The lowest BCUT2D eigenvalue weighted by Gasteiger charge is -2.26. The van der Waals surface area contributed by atoms with Gasteiger partial charge in [0.25, 0.3) is 0 Å². The first-order valence-electron chi connectivity index (χ1n) is 19.2. The van der Waals surface area contributed by atoms with Crippen molar-refractivity contribution in [2.24, 2.45) is 0 Å². The average molecular weight is 731 g/mol. The fourth-order valence-corrected chi connectivity index (χ4v) is 8.15. The van der Waals surface area contributed by atoms with Gasteiger partial charge in [-0.3, -0.25) is 0 Å². The standard InChI is InChI=1S/C53H34N2O2/c1-3-12-35(13-4-1)36-24-28-41(29-25-36)55(43-19-9-18-40(32-43)45-21-10-17-37-14-7-8-20-44(37)45)42-30-26-38(27-31-42)46-22-11-23-49-52(46)47-33-51-48(34-50(47)56-49)54-53(57-51)39-15-5-2-6-16-39/h1-34H. The van der Waals surface area contributed by atoms with Crippen LogP contribution in [0, 0.1) is 0 Å². The van der Waals surface area contributed by atoms with Gasteiger partial charge < -0.3 is 13.7 Å². The molecule has 0 aliphatic heterocycles. The zero-order valence-corrected chi connectivity index (χ0v) is 30.8. The van der Waals surface area contributed by atoms with Gasteiger partial charge in [-0.15, -0.1) is 0 Å². The van der Waals surface area contributed by atoms with Crippen molar-refractivity contribution in [1.29, 1.82) is 0 Å². The molecule has 0 saturated carbocycles. The van der Waals surface area contributed by atoms with Crippen molar-refractivity contribution in [3.8, 4) is 44.8 Å². The number of nitrogens with zero attached hydrogens (tertiary/aromatic N) is 2. The van der Waals surface area contributed by atoms with Gasteiger partial charge in [0.15, 0.2) is 5.58 Å². The molecule has 2 heterocycles. The van der Waals surface area contributed by atoms with Crippen molar-refractivity contribution < 1.29 is 8.83 Å². The van der Waals surface area contributed by atoms with Gasteiger partial charge in [0.2, 0.25) is 5.89 Å². The number of anilines is 3. The molecule has 0 fully saturated rings. The van der Waals surface area contributed by atoms with Gasteiger partial charge in [-0.05, 0) is 105 Å². The van der Waals surface area contributed by atoms with Crippen LogP contribution >= 0.6 is 0 Å². The normalized spacial score (nSPS) is 11.5. The van der Waals surface area contributed by atoms with Gasteiger partial charge in [-0.1, -0.05) is 140 Å². The predicted molar refractivity (Wildman–Crippen MR) is 235 cm³/mol. The number of oxazole rings is 1. The monoisotopic (exact) mass is 730 g/mol. The molecular weight excluding hydrogens is 697 g/mol. The number of benzene rings is 9. The molecule has 0 atom stereocenters. The molecule has 0 unspecified atom stereocenters. The number of furan rings is 1. The lowest BCUT2D eigenvalue weighted by Crippen LogP contribution is -2.10. The molecule has 4 nitrogen and oxygen atoms in total. The van der Waals surface area contributed by atoms with Crippen molar-refractivity contribution in [3.05, 3.63) is 206 Å². The molecule has 0 N–H and O–H groups in total. The Bertz CT molecular complexity index is 3210. The summed E-state index contributed by atoms with van der Waals surface area (Å²) >= 11 is 0. The van der Waals surface area contributed by atoms with E-state index in [9.17, 15) is 0 Å². The molecule has 0 amide bonds. The van der Waals surface area contributed by atoms with Crippen LogP contribution in [0.1, 0.15) is 0 Å². The Kier molecular flexibility index (Phi) is 7.78. The lowest BCUT2D eigenvalue weighted by molar-refractivity contribution is 0.620. The van der Waals surface area contributed by atoms with E-state index in [1.54, 1.807) is 0 Å². The van der Waals surface area contributed by atoms with E-state index in [0.717, 1.165) is 66.8 Å². The van der Waals surface area contributed by atoms with Crippen molar-refractivity contribution in [2.75, 3.05) is 4.90 Å². The van der Waals surface area contributed by atoms with Gasteiger partial charge in [-0.25, -0.2) is 4.98 Å². The molecule has 57 heavy (non-hydrogen) atoms. The van der Waals surface area contributed by atoms with Crippen LogP contribution in [0.15, 0.2) is 215 Å². The molecule has 0 bridgehead atoms. The molecule has 0 radical (unpaired) electrons. The second-order valence-electron chi connectivity index (χ2n) is 14.4. The number of rotatable bonds is 7. The van der Waals surface area contributed by atoms with E-state index in [1.807, 2.05) is 42.5 Å². The minimum absolute atomic E-state index is 0.597. The molecule has 11 aromatic rings. The van der Waals surface area contributed by atoms with Gasteiger partial charge in [0.05, 0.1) is 0 Å². The third-order valence-corrected chi connectivity index (χ3v) is 10.9. The smallest absolute Gasteiger partial charge is 0.227 e. The summed E-state index contributed by atoms with van der Waals surface area (Å²) in [5.41, 5.74) is 14.2. The highest BCUT2D eigenvalue weighted by molar-refractivity contribution is 6.15. The minimum Gasteiger partial charge on any atom is -0.456 e. The Labute approximate surface area is 329 Å². The summed E-state index contributed by atoms with van der Waals surface area (Å²) in [7, 11) is 0. The third-order valence-electron chi connectivity index (χ3n) is 10.9. The summed E-state index contributed by atoms with van der Waals surface area (Å²) in [4.78, 5) is 7.12. The molecule has 11 rings (SSSR count). The minimum atomic E-state index is 0.597. The van der Waals surface area contributed by atoms with Crippen LogP contribution in [0.3, 0.4) is 0 Å². The van der Waals surface area contributed by atoms with Crippen LogP contribution in [-0.2, 0) is 0 Å². The highest BCUT2D eigenvalue weighted by Gasteiger charge is 2.19. The molecule has 9 aromatic carbocycles. The van der Waals surface area contributed by atoms with Crippen molar-refractivity contribution in [1.82, 2.24) is 4.98 Å². The van der Waals surface area contributed by atoms with E-state index in [-0.39, 0.29) is 0 Å². The molecule has 0 aliphatic carbocycles. The largest absolute Gasteiger partial charge is 0.456 e. The second-order valence-corrected chi connectivity index (χ2v) is 14.4. The summed E-state index contributed by atoms with van der Waals surface area (Å²) < 4.78 is 12.7. The van der Waals surface area contributed by atoms with Gasteiger partial charge in [-0.2, -0.15) is 0 Å². The van der Waals surface area contributed by atoms with E-state index in [2.05, 4.69) is 169 Å². The molecule has 268 valence electrons. The van der Waals surface area contributed by atoms with Gasteiger partial charge in [0, 0.05) is 39.5 Å². The van der Waals surface area contributed by atoms with Crippen molar-refractivity contribution in [2.45, 2.75) is 0 Å². The average Bonchev–Trinajstić information content (AvgIpc) is 3.87. The number of aromatic nitrogens is 1. The van der Waals surface area contributed by atoms with Crippen LogP contribution in [0.4, 0.5) is 17.1 Å². The van der Waals surface area contributed by atoms with Crippen molar-refractivity contribution >= 4 is 60.9 Å². The first kappa shape index (κ1) is 32.7. The van der Waals surface area contributed by atoms with E-state index in [1.165, 1.54) is 33.0 Å². The molecule has 0 spiro atoms. The summed E-state index contributed by atoms with van der Waals surface area (Å²) in [6.07, 6.45) is 0. The highest BCUT2D eigenvalue weighted by atomic mass is 16.4. The number of hydrogen-bond acceptors (Lipinski definition) is 4. The maximum Gasteiger partial charge on any atom is 0.227 e. The lowest BCUT2D eigenvalue weighted by atomic mass is 9.97. The zero-order valence-electron chi connectivity index (χ0n) is 30.8. The first-order chi connectivity index (χ1) is 28.2. The summed E-state index contributed by atoms with van der Waals surface area (Å²) in [5.74, 6) is 0.597. The Morgan fingerprint density at radius 3 is 1.75 bits per heavy atom. The first-order valence-corrected chi connectivity index (χ1v) is 19.2. The second kappa shape index (κ2) is 13.6. The van der Waals surface area contributed by atoms with Crippen LogP contribution in [-0.4, -0.2) is 4.98 Å². The Morgan fingerprint density at radius 2 is 0.965 bits per heavy atom. The zero-order chi connectivity index (χ0) is 37.7. The van der Waals surface area contributed by atoms with E-state index < -0.39 is 0 Å². The maximum absolute atomic E-state index is 6.44. The Balaban J connectivity index is 1.01. The molecule has 0 saturated heterocycles. The van der Waals surface area contributed by atoms with Crippen LogP contribution in [0.2, 0.25) is 0 Å².